The fourth-order valence-electron chi connectivity index (χ4n) is 2.56. The second kappa shape index (κ2) is 4.34. The van der Waals surface area contributed by atoms with Gasteiger partial charge >= 0.3 is 0 Å². The van der Waals surface area contributed by atoms with Gasteiger partial charge in [0.05, 0.1) is 24.3 Å². The number of rotatable bonds is 2. The van der Waals surface area contributed by atoms with Gasteiger partial charge in [-0.1, -0.05) is 18.2 Å². The summed E-state index contributed by atoms with van der Waals surface area (Å²) >= 11 is 0. The molecular weight excluding hydrogens is 212 g/mol. The van der Waals surface area contributed by atoms with Crippen molar-refractivity contribution in [3.05, 3.63) is 47.5 Å². The first-order valence-corrected chi connectivity index (χ1v) is 6.14. The Morgan fingerprint density at radius 3 is 2.88 bits per heavy atom. The van der Waals surface area contributed by atoms with Crippen LogP contribution >= 0.6 is 0 Å². The molecule has 0 saturated heterocycles. The molecule has 1 aliphatic rings. The highest BCUT2D eigenvalue weighted by molar-refractivity contribution is 5.43. The molecule has 1 aromatic carbocycles. The molecule has 3 rings (SSSR count). The second-order valence-corrected chi connectivity index (χ2v) is 4.50. The Morgan fingerprint density at radius 1 is 1.18 bits per heavy atom. The zero-order chi connectivity index (χ0) is 11.7. The minimum absolute atomic E-state index is 0.0725. The molecule has 0 aliphatic heterocycles. The van der Waals surface area contributed by atoms with Gasteiger partial charge in [0.25, 0.3) is 0 Å². The molecule has 0 saturated carbocycles. The lowest BCUT2D eigenvalue weighted by Crippen LogP contribution is -2.08. The molecule has 0 unspecified atom stereocenters. The molecule has 3 heteroatoms. The van der Waals surface area contributed by atoms with Crippen LogP contribution in [0.25, 0.3) is 5.69 Å². The van der Waals surface area contributed by atoms with E-state index in [0.29, 0.717) is 0 Å². The van der Waals surface area contributed by atoms with Crippen LogP contribution in [-0.4, -0.2) is 14.7 Å². The summed E-state index contributed by atoms with van der Waals surface area (Å²) in [7, 11) is 0. The van der Waals surface area contributed by atoms with E-state index in [1.165, 1.54) is 24.2 Å². The molecule has 1 aromatic heterocycles. The van der Waals surface area contributed by atoms with Crippen LogP contribution in [0.15, 0.2) is 30.6 Å². The zero-order valence-corrected chi connectivity index (χ0v) is 9.76. The van der Waals surface area contributed by atoms with Crippen molar-refractivity contribution in [2.24, 2.45) is 0 Å². The highest BCUT2D eigenvalue weighted by Crippen LogP contribution is 2.24. The lowest BCUT2D eigenvalue weighted by molar-refractivity contribution is 0.281. The van der Waals surface area contributed by atoms with Crippen LogP contribution in [-0.2, 0) is 19.4 Å². The van der Waals surface area contributed by atoms with Crippen LogP contribution in [0.1, 0.15) is 29.8 Å². The monoisotopic (exact) mass is 228 g/mol. The normalized spacial score (nSPS) is 14.6. The maximum absolute atomic E-state index is 9.39. The van der Waals surface area contributed by atoms with Crippen LogP contribution in [0, 0.1) is 0 Å². The van der Waals surface area contributed by atoms with Gasteiger partial charge in [-0.15, -0.1) is 0 Å². The van der Waals surface area contributed by atoms with Crippen molar-refractivity contribution in [2.75, 3.05) is 0 Å². The molecule has 17 heavy (non-hydrogen) atoms. The summed E-state index contributed by atoms with van der Waals surface area (Å²) in [5.74, 6) is 0. The van der Waals surface area contributed by atoms with E-state index in [9.17, 15) is 5.11 Å². The number of hydrogen-bond acceptors (Lipinski definition) is 2. The van der Waals surface area contributed by atoms with Crippen LogP contribution in [0.3, 0.4) is 0 Å². The van der Waals surface area contributed by atoms with E-state index in [1.807, 2.05) is 30.6 Å². The Morgan fingerprint density at radius 2 is 2.00 bits per heavy atom. The molecule has 0 radical (unpaired) electrons. The maximum Gasteiger partial charge on any atom is 0.0997 e. The molecule has 0 bridgehead atoms. The third-order valence-corrected chi connectivity index (χ3v) is 3.45. The van der Waals surface area contributed by atoms with Crippen LogP contribution in [0.5, 0.6) is 0 Å². The summed E-state index contributed by atoms with van der Waals surface area (Å²) < 4.78 is 2.14. The molecule has 88 valence electrons. The maximum atomic E-state index is 9.39. The van der Waals surface area contributed by atoms with Crippen molar-refractivity contribution in [3.8, 4) is 5.69 Å². The SMILES string of the molecule is OCc1ccccc1-n1cnc2c1CCCC2. The number of aliphatic hydroxyl groups is 1. The minimum atomic E-state index is 0.0725. The van der Waals surface area contributed by atoms with Crippen LogP contribution in [0.2, 0.25) is 0 Å². The number of hydrogen-bond donors (Lipinski definition) is 1. The summed E-state index contributed by atoms with van der Waals surface area (Å²) in [6.45, 7) is 0.0725. The number of aryl methyl sites for hydroxylation is 1. The Balaban J connectivity index is 2.12. The van der Waals surface area contributed by atoms with Crippen LogP contribution in [0.4, 0.5) is 0 Å². The average molecular weight is 228 g/mol. The Labute approximate surface area is 101 Å². The minimum Gasteiger partial charge on any atom is -0.392 e. The fourth-order valence-corrected chi connectivity index (χ4v) is 2.56. The van der Waals surface area contributed by atoms with Crippen molar-refractivity contribution < 1.29 is 5.11 Å². The number of nitrogens with zero attached hydrogens (tertiary/aromatic N) is 2. The second-order valence-electron chi connectivity index (χ2n) is 4.50. The van der Waals surface area contributed by atoms with Gasteiger partial charge < -0.3 is 9.67 Å². The van der Waals surface area contributed by atoms with Crippen molar-refractivity contribution in [1.29, 1.82) is 0 Å². The fraction of sp³-hybridized carbons (Fsp3) is 0.357. The van der Waals surface area contributed by atoms with Gasteiger partial charge in [-0.05, 0) is 31.7 Å². The summed E-state index contributed by atoms with van der Waals surface area (Å²) in [6.07, 6.45) is 6.55. The molecule has 0 spiro atoms. The van der Waals surface area contributed by atoms with E-state index >= 15 is 0 Å². The summed E-state index contributed by atoms with van der Waals surface area (Å²) in [5.41, 5.74) is 4.56. The van der Waals surface area contributed by atoms with E-state index in [-0.39, 0.29) is 6.61 Å². The molecule has 2 aromatic rings. The van der Waals surface area contributed by atoms with Gasteiger partial charge in [-0.2, -0.15) is 0 Å². The number of imidazole rings is 1. The molecule has 0 amide bonds. The van der Waals surface area contributed by atoms with Gasteiger partial charge in [-0.25, -0.2) is 4.98 Å². The predicted molar refractivity (Wildman–Crippen MR) is 66.1 cm³/mol. The Kier molecular flexibility index (Phi) is 2.69. The molecule has 1 aliphatic carbocycles. The highest BCUT2D eigenvalue weighted by Gasteiger charge is 2.16. The average Bonchev–Trinajstić information content (AvgIpc) is 2.82. The number of para-hydroxylation sites is 1. The number of benzene rings is 1. The first-order valence-electron chi connectivity index (χ1n) is 6.14. The van der Waals surface area contributed by atoms with Gasteiger partial charge in [0.2, 0.25) is 0 Å². The molecular formula is C14H16N2O. The summed E-state index contributed by atoms with van der Waals surface area (Å²) in [6, 6.07) is 7.97. The standard InChI is InChI=1S/C14H16N2O/c17-9-11-5-1-3-7-13(11)16-10-15-12-6-2-4-8-14(12)16/h1,3,5,7,10,17H,2,4,6,8-9H2. The summed E-state index contributed by atoms with van der Waals surface area (Å²) in [4.78, 5) is 4.49. The van der Waals surface area contributed by atoms with Gasteiger partial charge in [0.1, 0.15) is 0 Å². The lowest BCUT2D eigenvalue weighted by atomic mass is 10.0. The van der Waals surface area contributed by atoms with Crippen LogP contribution < -0.4 is 0 Å². The molecule has 0 fully saturated rings. The largest absolute Gasteiger partial charge is 0.392 e. The van der Waals surface area contributed by atoms with Gasteiger partial charge in [0, 0.05) is 11.3 Å². The van der Waals surface area contributed by atoms with Crippen molar-refractivity contribution >= 4 is 0 Å². The van der Waals surface area contributed by atoms with Gasteiger partial charge in [-0.3, -0.25) is 0 Å². The van der Waals surface area contributed by atoms with E-state index in [4.69, 9.17) is 0 Å². The molecule has 1 heterocycles. The predicted octanol–water partition coefficient (Wildman–Crippen LogP) is 2.24. The zero-order valence-electron chi connectivity index (χ0n) is 9.76. The smallest absolute Gasteiger partial charge is 0.0997 e. The molecule has 0 atom stereocenters. The van der Waals surface area contributed by atoms with E-state index in [1.54, 1.807) is 0 Å². The molecule has 1 N–H and O–H groups in total. The number of fused-ring (bicyclic) bond motifs is 1. The van der Waals surface area contributed by atoms with E-state index in [0.717, 1.165) is 24.1 Å². The summed E-state index contributed by atoms with van der Waals surface area (Å²) in [5, 5.41) is 9.39. The third kappa shape index (κ3) is 1.76. The van der Waals surface area contributed by atoms with Crippen molar-refractivity contribution in [2.45, 2.75) is 32.3 Å². The molecule has 3 nitrogen and oxygen atoms in total. The lowest BCUT2D eigenvalue weighted by Gasteiger charge is -2.15. The Hall–Kier alpha value is -1.61. The van der Waals surface area contributed by atoms with E-state index in [2.05, 4.69) is 9.55 Å². The van der Waals surface area contributed by atoms with E-state index < -0.39 is 0 Å². The Bertz CT molecular complexity index is 531. The van der Waals surface area contributed by atoms with Gasteiger partial charge in [0.15, 0.2) is 0 Å². The van der Waals surface area contributed by atoms with Crippen molar-refractivity contribution in [3.63, 3.8) is 0 Å². The highest BCUT2D eigenvalue weighted by atomic mass is 16.3. The quantitative estimate of drug-likeness (QED) is 0.856. The first kappa shape index (κ1) is 10.5. The number of aromatic nitrogens is 2. The first-order chi connectivity index (χ1) is 8.40. The topological polar surface area (TPSA) is 38.0 Å². The number of aliphatic hydroxyl groups excluding tert-OH is 1. The third-order valence-electron chi connectivity index (χ3n) is 3.45. The van der Waals surface area contributed by atoms with Crippen molar-refractivity contribution in [1.82, 2.24) is 9.55 Å².